The number of benzene rings is 1. The summed E-state index contributed by atoms with van der Waals surface area (Å²) in [6, 6.07) is 5.12. The number of hydrogen-bond donors (Lipinski definition) is 2. The third-order valence-electron chi connectivity index (χ3n) is 2.23. The van der Waals surface area contributed by atoms with Gasteiger partial charge in [-0.05, 0) is 18.2 Å². The van der Waals surface area contributed by atoms with Crippen LogP contribution < -0.4 is 15.4 Å². The first-order chi connectivity index (χ1) is 8.08. The highest BCUT2D eigenvalue weighted by Crippen LogP contribution is 2.28. The molecular formula is C11H15ClN2O3. The Morgan fingerprint density at radius 2 is 2.29 bits per heavy atom. The first-order valence-corrected chi connectivity index (χ1v) is 5.46. The van der Waals surface area contributed by atoms with Gasteiger partial charge in [0.1, 0.15) is 12.3 Å². The maximum Gasteiger partial charge on any atom is 0.323 e. The molecule has 0 fully saturated rings. The molecule has 0 atom stereocenters. The second-order valence-electron chi connectivity index (χ2n) is 3.42. The smallest absolute Gasteiger partial charge is 0.323 e. The van der Waals surface area contributed by atoms with E-state index in [0.717, 1.165) is 0 Å². The number of halogens is 1. The van der Waals surface area contributed by atoms with Crippen molar-refractivity contribution in [3.8, 4) is 5.75 Å². The molecule has 0 spiro atoms. The maximum absolute atomic E-state index is 10.7. The van der Waals surface area contributed by atoms with Gasteiger partial charge in [-0.15, -0.1) is 0 Å². The number of ether oxygens (including phenoxy) is 1. The SMILES string of the molecule is COc1ccc(N(CCN)CC(=O)O)cc1Cl. The van der Waals surface area contributed by atoms with E-state index in [2.05, 4.69) is 0 Å². The molecule has 0 unspecified atom stereocenters. The van der Waals surface area contributed by atoms with Gasteiger partial charge in [0.25, 0.3) is 0 Å². The predicted molar refractivity (Wildman–Crippen MR) is 66.9 cm³/mol. The van der Waals surface area contributed by atoms with Crippen LogP contribution in [0.15, 0.2) is 18.2 Å². The molecule has 0 saturated carbocycles. The third kappa shape index (κ3) is 3.80. The Balaban J connectivity index is 2.93. The average molecular weight is 259 g/mol. The third-order valence-corrected chi connectivity index (χ3v) is 2.52. The maximum atomic E-state index is 10.7. The highest BCUT2D eigenvalue weighted by atomic mass is 35.5. The number of anilines is 1. The Hall–Kier alpha value is -1.46. The number of rotatable bonds is 6. The molecule has 1 rings (SSSR count). The van der Waals surface area contributed by atoms with Gasteiger partial charge in [-0.25, -0.2) is 0 Å². The van der Waals surface area contributed by atoms with Gasteiger partial charge >= 0.3 is 5.97 Å². The summed E-state index contributed by atoms with van der Waals surface area (Å²) >= 11 is 5.98. The summed E-state index contributed by atoms with van der Waals surface area (Å²) in [7, 11) is 1.52. The summed E-state index contributed by atoms with van der Waals surface area (Å²) in [6.45, 7) is 0.714. The minimum absolute atomic E-state index is 0.111. The lowest BCUT2D eigenvalue weighted by Crippen LogP contribution is -2.34. The van der Waals surface area contributed by atoms with E-state index in [0.29, 0.717) is 29.5 Å². The number of methoxy groups -OCH3 is 1. The first kappa shape index (κ1) is 13.6. The number of nitrogens with zero attached hydrogens (tertiary/aromatic N) is 1. The fraction of sp³-hybridized carbons (Fsp3) is 0.364. The van der Waals surface area contributed by atoms with Crippen LogP contribution >= 0.6 is 11.6 Å². The van der Waals surface area contributed by atoms with Gasteiger partial charge in [-0.2, -0.15) is 0 Å². The molecule has 0 bridgehead atoms. The Kier molecular flexibility index (Phi) is 5.06. The Bertz CT molecular complexity index is 398. The number of carboxylic acids is 1. The minimum Gasteiger partial charge on any atom is -0.495 e. The first-order valence-electron chi connectivity index (χ1n) is 5.08. The van der Waals surface area contributed by atoms with Crippen LogP contribution in [0.1, 0.15) is 0 Å². The molecule has 0 aliphatic heterocycles. The van der Waals surface area contributed by atoms with Gasteiger partial charge in [-0.3, -0.25) is 4.79 Å². The van der Waals surface area contributed by atoms with Crippen LogP contribution in [-0.2, 0) is 4.79 Å². The molecule has 5 nitrogen and oxygen atoms in total. The van der Waals surface area contributed by atoms with Crippen molar-refractivity contribution in [3.63, 3.8) is 0 Å². The quantitative estimate of drug-likeness (QED) is 0.802. The largest absolute Gasteiger partial charge is 0.495 e. The summed E-state index contributed by atoms with van der Waals surface area (Å²) in [5.74, 6) is -0.358. The standard InChI is InChI=1S/C11H15ClN2O3/c1-17-10-3-2-8(6-9(10)12)14(5-4-13)7-11(15)16/h2-3,6H,4-5,7,13H2,1H3,(H,15,16). The Labute approximate surface area is 105 Å². The van der Waals surface area contributed by atoms with Crippen LogP contribution in [0, 0.1) is 0 Å². The molecule has 0 saturated heterocycles. The summed E-state index contributed by atoms with van der Waals surface area (Å²) < 4.78 is 5.03. The highest BCUT2D eigenvalue weighted by Gasteiger charge is 2.11. The van der Waals surface area contributed by atoms with Crippen molar-refractivity contribution in [2.45, 2.75) is 0 Å². The molecule has 1 aromatic rings. The lowest BCUT2D eigenvalue weighted by Gasteiger charge is -2.22. The Morgan fingerprint density at radius 3 is 2.76 bits per heavy atom. The van der Waals surface area contributed by atoms with Crippen molar-refractivity contribution >= 4 is 23.3 Å². The highest BCUT2D eigenvalue weighted by molar-refractivity contribution is 6.32. The van der Waals surface area contributed by atoms with E-state index >= 15 is 0 Å². The lowest BCUT2D eigenvalue weighted by atomic mass is 10.2. The zero-order valence-corrected chi connectivity index (χ0v) is 10.3. The molecule has 0 aliphatic carbocycles. The molecular weight excluding hydrogens is 244 g/mol. The molecule has 6 heteroatoms. The van der Waals surface area contributed by atoms with Gasteiger partial charge in [0.15, 0.2) is 0 Å². The number of nitrogens with two attached hydrogens (primary N) is 1. The van der Waals surface area contributed by atoms with Crippen LogP contribution in [-0.4, -0.2) is 37.8 Å². The normalized spacial score (nSPS) is 10.1. The van der Waals surface area contributed by atoms with E-state index in [1.54, 1.807) is 23.1 Å². The van der Waals surface area contributed by atoms with Gasteiger partial charge in [0.05, 0.1) is 12.1 Å². The topological polar surface area (TPSA) is 75.8 Å². The van der Waals surface area contributed by atoms with Crippen molar-refractivity contribution in [2.75, 3.05) is 31.6 Å². The average Bonchev–Trinajstić information content (AvgIpc) is 2.28. The zero-order valence-electron chi connectivity index (χ0n) is 9.52. The Morgan fingerprint density at radius 1 is 1.59 bits per heavy atom. The molecule has 17 heavy (non-hydrogen) atoms. The lowest BCUT2D eigenvalue weighted by molar-refractivity contribution is -0.135. The molecule has 0 aromatic heterocycles. The number of aliphatic carboxylic acids is 1. The van der Waals surface area contributed by atoms with Crippen molar-refractivity contribution in [1.29, 1.82) is 0 Å². The van der Waals surface area contributed by atoms with Gasteiger partial charge in [-0.1, -0.05) is 11.6 Å². The fourth-order valence-corrected chi connectivity index (χ4v) is 1.72. The van der Waals surface area contributed by atoms with E-state index in [1.165, 1.54) is 7.11 Å². The van der Waals surface area contributed by atoms with Crippen molar-refractivity contribution in [2.24, 2.45) is 5.73 Å². The fourth-order valence-electron chi connectivity index (χ4n) is 1.47. The number of hydrogen-bond acceptors (Lipinski definition) is 4. The molecule has 94 valence electrons. The summed E-state index contributed by atoms with van der Waals surface area (Å²) in [5.41, 5.74) is 6.16. The number of carboxylic acid groups (broad SMARTS) is 1. The van der Waals surface area contributed by atoms with Crippen molar-refractivity contribution < 1.29 is 14.6 Å². The second kappa shape index (κ2) is 6.32. The molecule has 3 N–H and O–H groups in total. The molecule has 1 aromatic carbocycles. The summed E-state index contributed by atoms with van der Waals surface area (Å²) in [4.78, 5) is 12.4. The van der Waals surface area contributed by atoms with Crippen LogP contribution in [0.2, 0.25) is 5.02 Å². The van der Waals surface area contributed by atoms with E-state index in [4.69, 9.17) is 27.2 Å². The minimum atomic E-state index is -0.912. The van der Waals surface area contributed by atoms with Crippen LogP contribution in [0.5, 0.6) is 5.75 Å². The molecule has 0 amide bonds. The molecule has 0 aliphatic rings. The van der Waals surface area contributed by atoms with Gasteiger partial charge < -0.3 is 20.5 Å². The van der Waals surface area contributed by atoms with Gasteiger partial charge in [0.2, 0.25) is 0 Å². The van der Waals surface area contributed by atoms with E-state index < -0.39 is 5.97 Å². The summed E-state index contributed by atoms with van der Waals surface area (Å²) in [6.07, 6.45) is 0. The monoisotopic (exact) mass is 258 g/mol. The van der Waals surface area contributed by atoms with Gasteiger partial charge in [0, 0.05) is 18.8 Å². The second-order valence-corrected chi connectivity index (χ2v) is 3.83. The number of carbonyl (C=O) groups is 1. The van der Waals surface area contributed by atoms with E-state index in [-0.39, 0.29) is 6.54 Å². The van der Waals surface area contributed by atoms with Crippen molar-refractivity contribution in [3.05, 3.63) is 23.2 Å². The van der Waals surface area contributed by atoms with Crippen LogP contribution in [0.25, 0.3) is 0 Å². The molecule has 0 heterocycles. The van der Waals surface area contributed by atoms with Crippen LogP contribution in [0.3, 0.4) is 0 Å². The predicted octanol–water partition coefficient (Wildman–Crippen LogP) is 1.20. The van der Waals surface area contributed by atoms with Crippen molar-refractivity contribution in [1.82, 2.24) is 0 Å². The van der Waals surface area contributed by atoms with E-state index in [9.17, 15) is 4.79 Å². The van der Waals surface area contributed by atoms with E-state index in [1.807, 2.05) is 0 Å². The van der Waals surface area contributed by atoms with Crippen LogP contribution in [0.4, 0.5) is 5.69 Å². The zero-order chi connectivity index (χ0) is 12.8. The molecule has 0 radical (unpaired) electrons. The summed E-state index contributed by atoms with van der Waals surface area (Å²) in [5, 5.41) is 9.24.